The molecule has 0 aromatic heterocycles. The first-order chi connectivity index (χ1) is 9.38. The summed E-state index contributed by atoms with van der Waals surface area (Å²) in [5.74, 6) is 0.936. The lowest BCUT2D eigenvalue weighted by Crippen LogP contribution is -2.25. The van der Waals surface area contributed by atoms with E-state index in [1.807, 2.05) is 13.0 Å². The first kappa shape index (κ1) is 14.4. The maximum absolute atomic E-state index is 5.67. The smallest absolute Gasteiger partial charge is 0.119 e. The molecule has 0 aliphatic heterocycles. The lowest BCUT2D eigenvalue weighted by molar-refractivity contribution is 0.110. The van der Waals surface area contributed by atoms with Crippen LogP contribution in [0.1, 0.15) is 38.2 Å². The van der Waals surface area contributed by atoms with Crippen LogP contribution < -0.4 is 10.1 Å². The van der Waals surface area contributed by atoms with Gasteiger partial charge in [0.25, 0.3) is 0 Å². The number of benzene rings is 1. The van der Waals surface area contributed by atoms with Gasteiger partial charge in [0, 0.05) is 19.2 Å². The maximum atomic E-state index is 5.67. The van der Waals surface area contributed by atoms with Crippen LogP contribution in [0.4, 0.5) is 0 Å². The highest BCUT2D eigenvalue weighted by atomic mass is 16.5. The third-order valence-electron chi connectivity index (χ3n) is 3.55. The topological polar surface area (TPSA) is 30.5 Å². The van der Waals surface area contributed by atoms with Gasteiger partial charge in [0.1, 0.15) is 12.4 Å². The van der Waals surface area contributed by atoms with Crippen molar-refractivity contribution in [3.63, 3.8) is 0 Å². The van der Waals surface area contributed by atoms with E-state index in [0.717, 1.165) is 18.9 Å². The van der Waals surface area contributed by atoms with Crippen molar-refractivity contribution >= 4 is 0 Å². The van der Waals surface area contributed by atoms with Gasteiger partial charge >= 0.3 is 0 Å². The van der Waals surface area contributed by atoms with Crippen LogP contribution in [0.5, 0.6) is 5.75 Å². The third-order valence-corrected chi connectivity index (χ3v) is 3.55. The molecule has 19 heavy (non-hydrogen) atoms. The van der Waals surface area contributed by atoms with E-state index in [9.17, 15) is 0 Å². The summed E-state index contributed by atoms with van der Waals surface area (Å²) in [6.45, 7) is 4.95. The molecule has 2 rings (SSSR count). The Labute approximate surface area is 116 Å². The van der Waals surface area contributed by atoms with E-state index >= 15 is 0 Å². The molecule has 0 radical (unpaired) electrons. The van der Waals surface area contributed by atoms with Crippen molar-refractivity contribution in [2.24, 2.45) is 0 Å². The maximum Gasteiger partial charge on any atom is 0.119 e. The Balaban J connectivity index is 1.74. The zero-order valence-corrected chi connectivity index (χ0v) is 11.9. The molecular formula is C16H25NO2. The highest BCUT2D eigenvalue weighted by molar-refractivity contribution is 5.28. The van der Waals surface area contributed by atoms with Crippen molar-refractivity contribution in [1.29, 1.82) is 0 Å². The second kappa shape index (κ2) is 8.18. The highest BCUT2D eigenvalue weighted by Gasteiger charge is 2.13. The molecule has 1 N–H and O–H groups in total. The molecular weight excluding hydrogens is 238 g/mol. The lowest BCUT2D eigenvalue weighted by Gasteiger charge is -2.12. The normalized spacial score (nSPS) is 15.8. The summed E-state index contributed by atoms with van der Waals surface area (Å²) in [6, 6.07) is 9.04. The standard InChI is InChI=1S/C16H25NO2/c1-2-18-10-11-19-16-9-5-6-14(12-16)13-17-15-7-3-4-8-15/h5-6,9,12,15,17H,2-4,7-8,10-11,13H2,1H3. The van der Waals surface area contributed by atoms with Crippen LogP contribution in [0.25, 0.3) is 0 Å². The lowest BCUT2D eigenvalue weighted by atomic mass is 10.2. The molecule has 1 saturated carbocycles. The van der Waals surface area contributed by atoms with Crippen molar-refractivity contribution < 1.29 is 9.47 Å². The van der Waals surface area contributed by atoms with Gasteiger partial charge in [0.2, 0.25) is 0 Å². The van der Waals surface area contributed by atoms with Gasteiger partial charge in [-0.3, -0.25) is 0 Å². The molecule has 0 spiro atoms. The Kier molecular flexibility index (Phi) is 6.18. The molecule has 0 heterocycles. The fraction of sp³-hybridized carbons (Fsp3) is 0.625. The molecule has 0 saturated heterocycles. The first-order valence-electron chi connectivity index (χ1n) is 7.41. The molecule has 1 aliphatic carbocycles. The quantitative estimate of drug-likeness (QED) is 0.731. The van der Waals surface area contributed by atoms with Gasteiger partial charge < -0.3 is 14.8 Å². The van der Waals surface area contributed by atoms with Gasteiger partial charge in [-0.15, -0.1) is 0 Å². The minimum Gasteiger partial charge on any atom is -0.491 e. The zero-order valence-electron chi connectivity index (χ0n) is 11.9. The molecule has 3 heteroatoms. The Bertz CT molecular complexity index is 362. The van der Waals surface area contributed by atoms with Gasteiger partial charge in [-0.05, 0) is 37.5 Å². The molecule has 3 nitrogen and oxygen atoms in total. The van der Waals surface area contributed by atoms with E-state index in [-0.39, 0.29) is 0 Å². The van der Waals surface area contributed by atoms with Crippen molar-refractivity contribution in [2.75, 3.05) is 19.8 Å². The highest BCUT2D eigenvalue weighted by Crippen LogP contribution is 2.19. The Hall–Kier alpha value is -1.06. The van der Waals surface area contributed by atoms with E-state index in [4.69, 9.17) is 9.47 Å². The van der Waals surface area contributed by atoms with Crippen LogP contribution in [-0.2, 0) is 11.3 Å². The number of nitrogens with one attached hydrogen (secondary N) is 1. The summed E-state index contributed by atoms with van der Waals surface area (Å²) < 4.78 is 10.9. The molecule has 106 valence electrons. The summed E-state index contributed by atoms with van der Waals surface area (Å²) in [5.41, 5.74) is 1.29. The summed E-state index contributed by atoms with van der Waals surface area (Å²) in [5, 5.41) is 3.62. The number of hydrogen-bond donors (Lipinski definition) is 1. The van der Waals surface area contributed by atoms with Gasteiger partial charge in [-0.1, -0.05) is 25.0 Å². The van der Waals surface area contributed by atoms with Gasteiger partial charge in [0.05, 0.1) is 6.61 Å². The summed E-state index contributed by atoms with van der Waals surface area (Å²) in [4.78, 5) is 0. The molecule has 1 aromatic rings. The second-order valence-electron chi connectivity index (χ2n) is 5.06. The summed E-state index contributed by atoms with van der Waals surface area (Å²) in [6.07, 6.45) is 5.39. The van der Waals surface area contributed by atoms with E-state index in [0.29, 0.717) is 19.3 Å². The molecule has 0 amide bonds. The molecule has 1 aromatic carbocycles. The number of rotatable bonds is 8. The second-order valence-corrected chi connectivity index (χ2v) is 5.06. The predicted molar refractivity (Wildman–Crippen MR) is 77.5 cm³/mol. The van der Waals surface area contributed by atoms with Gasteiger partial charge in [-0.25, -0.2) is 0 Å². The van der Waals surface area contributed by atoms with Crippen LogP contribution in [-0.4, -0.2) is 25.9 Å². The van der Waals surface area contributed by atoms with Crippen LogP contribution >= 0.6 is 0 Å². The first-order valence-corrected chi connectivity index (χ1v) is 7.41. The number of ether oxygens (including phenoxy) is 2. The monoisotopic (exact) mass is 263 g/mol. The minimum absolute atomic E-state index is 0.618. The average molecular weight is 263 g/mol. The van der Waals surface area contributed by atoms with Crippen molar-refractivity contribution in [1.82, 2.24) is 5.32 Å². The molecule has 0 bridgehead atoms. The van der Waals surface area contributed by atoms with E-state index in [1.54, 1.807) is 0 Å². The molecule has 1 fully saturated rings. The average Bonchev–Trinajstić information content (AvgIpc) is 2.95. The SMILES string of the molecule is CCOCCOc1cccc(CNC2CCCC2)c1. The molecule has 0 atom stereocenters. The van der Waals surface area contributed by atoms with E-state index < -0.39 is 0 Å². The van der Waals surface area contributed by atoms with Gasteiger partial charge in [-0.2, -0.15) is 0 Å². The van der Waals surface area contributed by atoms with Gasteiger partial charge in [0.15, 0.2) is 0 Å². The van der Waals surface area contributed by atoms with Crippen molar-refractivity contribution in [3.05, 3.63) is 29.8 Å². The van der Waals surface area contributed by atoms with Crippen LogP contribution in [0.15, 0.2) is 24.3 Å². The van der Waals surface area contributed by atoms with E-state index in [2.05, 4.69) is 23.5 Å². The van der Waals surface area contributed by atoms with Crippen molar-refractivity contribution in [2.45, 2.75) is 45.2 Å². The van der Waals surface area contributed by atoms with Crippen molar-refractivity contribution in [3.8, 4) is 5.75 Å². The third kappa shape index (κ3) is 5.21. The fourth-order valence-electron chi connectivity index (χ4n) is 2.50. The van der Waals surface area contributed by atoms with Crippen LogP contribution in [0.2, 0.25) is 0 Å². The molecule has 0 unspecified atom stereocenters. The van der Waals surface area contributed by atoms with Crippen LogP contribution in [0.3, 0.4) is 0 Å². The Morgan fingerprint density at radius 1 is 1.21 bits per heavy atom. The zero-order chi connectivity index (χ0) is 13.3. The summed E-state index contributed by atoms with van der Waals surface area (Å²) >= 11 is 0. The largest absolute Gasteiger partial charge is 0.491 e. The van der Waals surface area contributed by atoms with E-state index in [1.165, 1.54) is 31.2 Å². The Morgan fingerprint density at radius 2 is 2.05 bits per heavy atom. The number of hydrogen-bond acceptors (Lipinski definition) is 3. The van der Waals surface area contributed by atoms with Crippen LogP contribution in [0, 0.1) is 0 Å². The summed E-state index contributed by atoms with van der Waals surface area (Å²) in [7, 11) is 0. The molecule has 1 aliphatic rings. The Morgan fingerprint density at radius 3 is 2.84 bits per heavy atom. The predicted octanol–water partition coefficient (Wildman–Crippen LogP) is 3.13. The minimum atomic E-state index is 0.618. The fourth-order valence-corrected chi connectivity index (χ4v) is 2.50.